The molecule has 0 aromatic heterocycles. The van der Waals surface area contributed by atoms with Crippen LogP contribution in [0.5, 0.6) is 11.5 Å². The lowest BCUT2D eigenvalue weighted by molar-refractivity contribution is 0.0696. The van der Waals surface area contributed by atoms with Crippen LogP contribution >= 0.6 is 58.0 Å². The lowest BCUT2D eigenvalue weighted by Gasteiger charge is -2.07. The number of carbonyl (C=O) groups is 4. The molecule has 4 aromatic rings. The second-order valence-corrected chi connectivity index (χ2v) is 11.4. The molecular formula is C32H23Cl5O7. The summed E-state index contributed by atoms with van der Waals surface area (Å²) in [6, 6.07) is 18.7. The predicted molar refractivity (Wildman–Crippen MR) is 172 cm³/mol. The summed E-state index contributed by atoms with van der Waals surface area (Å²) in [5, 5.41) is 26.9. The van der Waals surface area contributed by atoms with Gasteiger partial charge in [0.2, 0.25) is 0 Å². The molecule has 0 bridgehead atoms. The maximum absolute atomic E-state index is 12.2. The minimum absolute atomic E-state index is 0.00506. The van der Waals surface area contributed by atoms with Crippen LogP contribution in [0.4, 0.5) is 0 Å². The summed E-state index contributed by atoms with van der Waals surface area (Å²) in [5.41, 5.74) is 2.03. The molecule has 12 heteroatoms. The fraction of sp³-hybridized carbons (Fsp3) is 0.125. The van der Waals surface area contributed by atoms with E-state index < -0.39 is 11.2 Å². The Morgan fingerprint density at radius 3 is 1.25 bits per heavy atom. The molecule has 0 unspecified atom stereocenters. The van der Waals surface area contributed by atoms with Crippen LogP contribution < -0.4 is 0 Å². The number of hydrogen-bond donors (Lipinski definition) is 3. The summed E-state index contributed by atoms with van der Waals surface area (Å²) in [6.45, 7) is 0. The van der Waals surface area contributed by atoms with Crippen molar-refractivity contribution < 1.29 is 34.5 Å². The van der Waals surface area contributed by atoms with Crippen molar-refractivity contribution in [3.05, 3.63) is 126 Å². The van der Waals surface area contributed by atoms with Gasteiger partial charge >= 0.3 is 5.97 Å². The third-order valence-electron chi connectivity index (χ3n) is 6.24. The summed E-state index contributed by atoms with van der Waals surface area (Å²) in [5.74, 6) is -1.32. The Balaban J connectivity index is 0.000000240. The Kier molecular flexibility index (Phi) is 12.6. The lowest BCUT2D eigenvalue weighted by atomic mass is 10.0. The van der Waals surface area contributed by atoms with E-state index in [9.17, 15) is 29.4 Å². The summed E-state index contributed by atoms with van der Waals surface area (Å²) in [4.78, 5) is 46.5. The Morgan fingerprint density at radius 1 is 0.568 bits per heavy atom. The molecule has 0 radical (unpaired) electrons. The highest BCUT2D eigenvalue weighted by Crippen LogP contribution is 2.29. The van der Waals surface area contributed by atoms with Crippen molar-refractivity contribution in [2.24, 2.45) is 0 Å². The monoisotopic (exact) mass is 694 g/mol. The maximum atomic E-state index is 12.2. The molecule has 0 spiro atoms. The molecule has 228 valence electrons. The van der Waals surface area contributed by atoms with Crippen molar-refractivity contribution >= 4 is 80.8 Å². The number of phenols is 2. The second kappa shape index (κ2) is 15.9. The van der Waals surface area contributed by atoms with Gasteiger partial charge in [0, 0.05) is 24.0 Å². The molecule has 0 aliphatic carbocycles. The van der Waals surface area contributed by atoms with E-state index in [4.69, 9.17) is 63.1 Å². The molecule has 4 rings (SSSR count). The average Bonchev–Trinajstić information content (AvgIpc) is 2.94. The molecule has 0 atom stereocenters. The first-order valence-electron chi connectivity index (χ1n) is 12.8. The van der Waals surface area contributed by atoms with Crippen molar-refractivity contribution in [3.8, 4) is 11.5 Å². The van der Waals surface area contributed by atoms with Gasteiger partial charge in [-0.15, -0.1) is 0 Å². The van der Waals surface area contributed by atoms with Crippen molar-refractivity contribution in [1.29, 1.82) is 0 Å². The molecule has 0 fully saturated rings. The standard InChI is InChI=1S/C16H11Cl3O3.C16H12Cl2O4/c17-12-7-10(8-13(18)15(12)16(19)22)14(21)5-4-9-2-1-3-11(20)6-9;17-12-7-10(8-13(18)15(12)16(21)22)14(20)5-4-9-2-1-3-11(19)6-9/h1-3,6-8,20H,4-5H2;1-3,6-8,19H,4-5H2,(H,21,22). The first kappa shape index (κ1) is 34.9. The zero-order chi connectivity index (χ0) is 32.6. The average molecular weight is 697 g/mol. The normalized spacial score (nSPS) is 10.5. The van der Waals surface area contributed by atoms with Gasteiger partial charge in [0.15, 0.2) is 11.6 Å². The fourth-order valence-electron chi connectivity index (χ4n) is 4.09. The third kappa shape index (κ3) is 9.71. The van der Waals surface area contributed by atoms with Gasteiger partial charge in [0.1, 0.15) is 11.5 Å². The van der Waals surface area contributed by atoms with Crippen LogP contribution in [-0.2, 0) is 12.8 Å². The number of aromatic hydroxyl groups is 2. The molecule has 3 N–H and O–H groups in total. The molecule has 0 aliphatic heterocycles. The largest absolute Gasteiger partial charge is 0.508 e. The van der Waals surface area contributed by atoms with Crippen LogP contribution in [0, 0.1) is 0 Å². The van der Waals surface area contributed by atoms with E-state index in [0.29, 0.717) is 18.4 Å². The minimum Gasteiger partial charge on any atom is -0.508 e. The molecule has 0 amide bonds. The van der Waals surface area contributed by atoms with Gasteiger partial charge in [0.25, 0.3) is 5.24 Å². The van der Waals surface area contributed by atoms with E-state index in [2.05, 4.69) is 0 Å². The van der Waals surface area contributed by atoms with Crippen molar-refractivity contribution in [2.75, 3.05) is 0 Å². The lowest BCUT2D eigenvalue weighted by Crippen LogP contribution is -2.05. The fourth-order valence-corrected chi connectivity index (χ4v) is 5.70. The third-order valence-corrected chi connectivity index (χ3v) is 7.62. The van der Waals surface area contributed by atoms with Gasteiger partial charge < -0.3 is 15.3 Å². The summed E-state index contributed by atoms with van der Waals surface area (Å²) < 4.78 is 0. The number of rotatable bonds is 10. The van der Waals surface area contributed by atoms with Gasteiger partial charge in [-0.25, -0.2) is 4.79 Å². The molecule has 4 aromatic carbocycles. The number of carbonyl (C=O) groups excluding carboxylic acids is 3. The number of aromatic carboxylic acids is 1. The Morgan fingerprint density at radius 2 is 0.932 bits per heavy atom. The summed E-state index contributed by atoms with van der Waals surface area (Å²) >= 11 is 29.0. The number of ketones is 2. The highest BCUT2D eigenvalue weighted by Gasteiger charge is 2.18. The van der Waals surface area contributed by atoms with E-state index >= 15 is 0 Å². The molecule has 0 saturated carbocycles. The van der Waals surface area contributed by atoms with Gasteiger partial charge in [-0.05, 0) is 84.1 Å². The van der Waals surface area contributed by atoms with E-state index in [-0.39, 0.29) is 72.7 Å². The number of aryl methyl sites for hydroxylation is 2. The molecule has 7 nitrogen and oxygen atoms in total. The zero-order valence-electron chi connectivity index (χ0n) is 22.6. The Hall–Kier alpha value is -3.59. The number of Topliss-reactive ketones (excluding diaryl/α,β-unsaturated/α-hetero) is 2. The SMILES string of the molecule is O=C(CCc1cccc(O)c1)c1cc(Cl)c(C(=O)Cl)c(Cl)c1.O=C(CCc1cccc(O)c1)c1cc(Cl)c(C(=O)O)c(Cl)c1. The number of halogens is 5. The molecular weight excluding hydrogens is 674 g/mol. The van der Waals surface area contributed by atoms with Gasteiger partial charge in [-0.2, -0.15) is 0 Å². The molecule has 44 heavy (non-hydrogen) atoms. The summed E-state index contributed by atoms with van der Waals surface area (Å²) in [6.07, 6.45) is 1.34. The van der Waals surface area contributed by atoms with Crippen LogP contribution in [0.2, 0.25) is 20.1 Å². The number of hydrogen-bond acceptors (Lipinski definition) is 6. The molecule has 0 saturated heterocycles. The minimum atomic E-state index is -1.24. The van der Waals surface area contributed by atoms with Crippen molar-refractivity contribution in [2.45, 2.75) is 25.7 Å². The predicted octanol–water partition coefficient (Wildman–Crippen LogP) is 9.11. The van der Waals surface area contributed by atoms with Crippen LogP contribution in [0.1, 0.15) is 65.4 Å². The highest BCUT2D eigenvalue weighted by molar-refractivity contribution is 6.70. The summed E-state index contributed by atoms with van der Waals surface area (Å²) in [7, 11) is 0. The molecule has 0 heterocycles. The highest BCUT2D eigenvalue weighted by atomic mass is 35.5. The topological polar surface area (TPSA) is 129 Å². The van der Waals surface area contributed by atoms with Gasteiger partial charge in [-0.3, -0.25) is 14.4 Å². The maximum Gasteiger partial charge on any atom is 0.338 e. The quantitative estimate of drug-likeness (QED) is 0.111. The van der Waals surface area contributed by atoms with Crippen LogP contribution in [0.25, 0.3) is 0 Å². The first-order valence-corrected chi connectivity index (χ1v) is 14.7. The Labute approximate surface area is 277 Å². The number of carboxylic acid groups (broad SMARTS) is 1. The van der Waals surface area contributed by atoms with E-state index in [1.54, 1.807) is 42.5 Å². The van der Waals surface area contributed by atoms with Crippen molar-refractivity contribution in [3.63, 3.8) is 0 Å². The number of phenolic OH excluding ortho intramolecular Hbond substituents is 2. The number of benzene rings is 4. The van der Waals surface area contributed by atoms with E-state index in [1.165, 1.54) is 24.3 Å². The van der Waals surface area contributed by atoms with Crippen LogP contribution in [0.15, 0.2) is 72.8 Å². The Bertz CT molecular complexity index is 1560. The zero-order valence-corrected chi connectivity index (χ0v) is 26.4. The molecule has 0 aliphatic rings. The van der Waals surface area contributed by atoms with E-state index in [1.807, 2.05) is 6.07 Å². The van der Waals surface area contributed by atoms with Crippen LogP contribution in [-0.4, -0.2) is 38.1 Å². The van der Waals surface area contributed by atoms with Gasteiger partial charge in [0.05, 0.1) is 31.2 Å². The second-order valence-electron chi connectivity index (χ2n) is 9.39. The van der Waals surface area contributed by atoms with E-state index in [0.717, 1.165) is 11.1 Å². The first-order chi connectivity index (χ1) is 20.8. The van der Waals surface area contributed by atoms with Crippen LogP contribution in [0.3, 0.4) is 0 Å². The van der Waals surface area contributed by atoms with Gasteiger partial charge in [-0.1, -0.05) is 70.7 Å². The number of carboxylic acids is 1. The smallest absolute Gasteiger partial charge is 0.338 e. The van der Waals surface area contributed by atoms with Crippen molar-refractivity contribution in [1.82, 2.24) is 0 Å².